The van der Waals surface area contributed by atoms with E-state index in [0.717, 1.165) is 28.8 Å². The van der Waals surface area contributed by atoms with Crippen LogP contribution in [0.4, 0.5) is 18.9 Å². The van der Waals surface area contributed by atoms with Gasteiger partial charge in [-0.05, 0) is 66.9 Å². The largest absolute Gasteiger partial charge is 0.416 e. The average Bonchev–Trinajstić information content (AvgIpc) is 3.49. The lowest BCUT2D eigenvalue weighted by atomic mass is 10.0. The van der Waals surface area contributed by atoms with Crippen molar-refractivity contribution < 1.29 is 27.4 Å². The highest BCUT2D eigenvalue weighted by Crippen LogP contribution is 2.32. The molecule has 2 aromatic heterocycles. The monoisotopic (exact) mass is 665 g/mol. The Balaban J connectivity index is 1.15. The van der Waals surface area contributed by atoms with E-state index in [1.54, 1.807) is 12.1 Å². The lowest BCUT2D eigenvalue weighted by molar-refractivity contribution is -0.137. The van der Waals surface area contributed by atoms with Crippen molar-refractivity contribution in [3.63, 3.8) is 0 Å². The molecule has 0 radical (unpaired) electrons. The first-order chi connectivity index (χ1) is 23.7. The Bertz CT molecular complexity index is 2000. The van der Waals surface area contributed by atoms with Gasteiger partial charge >= 0.3 is 6.18 Å². The number of fused-ring (bicyclic) bond motifs is 1. The van der Waals surface area contributed by atoms with Gasteiger partial charge in [-0.2, -0.15) is 18.3 Å². The molecule has 0 saturated heterocycles. The highest BCUT2D eigenvalue weighted by atomic mass is 19.4. The Hall–Kier alpha value is -5.39. The molecule has 0 saturated carbocycles. The molecule has 6 rings (SSSR count). The summed E-state index contributed by atoms with van der Waals surface area (Å²) in [5, 5.41) is 10.7. The zero-order chi connectivity index (χ0) is 34.4. The molecule has 0 atom stereocenters. The van der Waals surface area contributed by atoms with Gasteiger partial charge in [0.1, 0.15) is 5.69 Å². The molecule has 0 aliphatic rings. The summed E-state index contributed by atoms with van der Waals surface area (Å²) >= 11 is 0. The van der Waals surface area contributed by atoms with E-state index in [-0.39, 0.29) is 11.8 Å². The summed E-state index contributed by atoms with van der Waals surface area (Å²) in [4.78, 5) is 22.2. The standard InChI is InChI=1S/C38H34F3N5O3/c1-24-17-28(36-42-19-29-18-31(38(39,40)41)14-16-33(29)43-36)13-15-32(24)44-37(47)35-25(2)34(45-46-35)30(22-48-20-26-9-5-3-6-10-26)23-49-21-27-11-7-4-8-12-27/h3-19,30H,20-23H2,1-2H3,(H,44,47)(H,45,46). The van der Waals surface area contributed by atoms with Gasteiger partial charge in [0.15, 0.2) is 5.82 Å². The lowest BCUT2D eigenvalue weighted by Crippen LogP contribution is -2.17. The summed E-state index contributed by atoms with van der Waals surface area (Å²) in [5.74, 6) is -0.228. The number of rotatable bonds is 12. The minimum absolute atomic E-state index is 0.228. The van der Waals surface area contributed by atoms with E-state index < -0.39 is 11.7 Å². The second-order valence-corrected chi connectivity index (χ2v) is 11.8. The fourth-order valence-corrected chi connectivity index (χ4v) is 5.50. The number of anilines is 1. The van der Waals surface area contributed by atoms with Crippen molar-refractivity contribution >= 4 is 22.5 Å². The fourth-order valence-electron chi connectivity index (χ4n) is 5.50. The van der Waals surface area contributed by atoms with Crippen LogP contribution in [0.2, 0.25) is 0 Å². The molecule has 0 bridgehead atoms. The molecule has 0 unspecified atom stereocenters. The van der Waals surface area contributed by atoms with Crippen molar-refractivity contribution in [3.8, 4) is 11.4 Å². The molecule has 2 N–H and O–H groups in total. The highest BCUT2D eigenvalue weighted by molar-refractivity contribution is 6.04. The minimum atomic E-state index is -4.45. The van der Waals surface area contributed by atoms with E-state index in [9.17, 15) is 18.0 Å². The number of aromatic nitrogens is 4. The molecule has 250 valence electrons. The Morgan fingerprint density at radius 3 is 2.12 bits per heavy atom. The molecule has 11 heteroatoms. The maximum absolute atomic E-state index is 13.5. The smallest absolute Gasteiger partial charge is 0.376 e. The summed E-state index contributed by atoms with van der Waals surface area (Å²) in [5.41, 5.74) is 5.45. The Morgan fingerprint density at radius 1 is 0.857 bits per heavy atom. The van der Waals surface area contributed by atoms with Crippen molar-refractivity contribution in [1.82, 2.24) is 20.2 Å². The summed E-state index contributed by atoms with van der Waals surface area (Å²) in [6.45, 7) is 5.25. The number of amides is 1. The highest BCUT2D eigenvalue weighted by Gasteiger charge is 2.30. The zero-order valence-corrected chi connectivity index (χ0v) is 26.9. The number of nitrogens with one attached hydrogen (secondary N) is 2. The number of nitrogens with zero attached hydrogens (tertiary/aromatic N) is 3. The van der Waals surface area contributed by atoms with Crippen LogP contribution in [0, 0.1) is 13.8 Å². The summed E-state index contributed by atoms with van der Waals surface area (Å²) in [7, 11) is 0. The van der Waals surface area contributed by atoms with Crippen molar-refractivity contribution in [2.45, 2.75) is 39.2 Å². The second kappa shape index (κ2) is 14.8. The number of carbonyl (C=O) groups is 1. The number of hydrogen-bond acceptors (Lipinski definition) is 6. The van der Waals surface area contributed by atoms with Gasteiger partial charge in [0.25, 0.3) is 5.91 Å². The summed E-state index contributed by atoms with van der Waals surface area (Å²) < 4.78 is 51.5. The molecule has 0 spiro atoms. The molecular formula is C38H34F3N5O3. The number of benzene rings is 4. The van der Waals surface area contributed by atoms with Crippen LogP contribution >= 0.6 is 0 Å². The molecule has 6 aromatic rings. The number of alkyl halides is 3. The topological polar surface area (TPSA) is 102 Å². The molecule has 1 amide bonds. The number of ether oxygens (including phenoxy) is 2. The van der Waals surface area contributed by atoms with Crippen LogP contribution < -0.4 is 5.32 Å². The molecule has 2 heterocycles. The van der Waals surface area contributed by atoms with Crippen LogP contribution in [0.25, 0.3) is 22.3 Å². The molecule has 49 heavy (non-hydrogen) atoms. The molecule has 0 aliphatic heterocycles. The first kappa shape index (κ1) is 33.5. The van der Waals surface area contributed by atoms with Crippen LogP contribution in [0.3, 0.4) is 0 Å². The van der Waals surface area contributed by atoms with E-state index in [1.807, 2.05) is 80.6 Å². The van der Waals surface area contributed by atoms with Gasteiger partial charge < -0.3 is 14.8 Å². The van der Waals surface area contributed by atoms with Gasteiger partial charge in [-0.3, -0.25) is 9.89 Å². The fraction of sp³-hybridized carbons (Fsp3) is 0.211. The molecule has 0 aliphatic carbocycles. The van der Waals surface area contributed by atoms with Gasteiger partial charge in [-0.1, -0.05) is 60.7 Å². The SMILES string of the molecule is Cc1cc(-c2ncc3cc(C(F)(F)F)ccc3n2)ccc1NC(=O)c1[nH]nc(C(COCc2ccccc2)COCc2ccccc2)c1C. The number of aromatic amines is 1. The van der Waals surface area contributed by atoms with Gasteiger partial charge in [0, 0.05) is 28.4 Å². The second-order valence-electron chi connectivity index (χ2n) is 11.8. The number of H-pyrrole nitrogens is 1. The van der Waals surface area contributed by atoms with E-state index in [4.69, 9.17) is 9.47 Å². The first-order valence-electron chi connectivity index (χ1n) is 15.7. The molecule has 4 aromatic carbocycles. The van der Waals surface area contributed by atoms with Gasteiger partial charge in [0.05, 0.1) is 49.1 Å². The quantitative estimate of drug-likeness (QED) is 0.136. The molecule has 8 nitrogen and oxygen atoms in total. The number of hydrogen-bond donors (Lipinski definition) is 2. The first-order valence-corrected chi connectivity index (χ1v) is 15.7. The van der Waals surface area contributed by atoms with Crippen molar-refractivity contribution in [2.75, 3.05) is 18.5 Å². The van der Waals surface area contributed by atoms with Crippen LogP contribution in [-0.4, -0.2) is 39.3 Å². The third kappa shape index (κ3) is 8.19. The maximum atomic E-state index is 13.5. The van der Waals surface area contributed by atoms with Crippen molar-refractivity contribution in [1.29, 1.82) is 0 Å². The van der Waals surface area contributed by atoms with Gasteiger partial charge in [-0.15, -0.1) is 0 Å². The predicted octanol–water partition coefficient (Wildman–Crippen LogP) is 8.43. The van der Waals surface area contributed by atoms with Gasteiger partial charge in [0.2, 0.25) is 0 Å². The Labute approximate surface area is 281 Å². The Kier molecular flexibility index (Phi) is 10.1. The van der Waals surface area contributed by atoms with Crippen LogP contribution in [0.1, 0.15) is 49.9 Å². The molecule has 0 fully saturated rings. The Morgan fingerprint density at radius 2 is 1.51 bits per heavy atom. The lowest BCUT2D eigenvalue weighted by Gasteiger charge is -2.17. The van der Waals surface area contributed by atoms with Crippen LogP contribution in [0.5, 0.6) is 0 Å². The number of aryl methyl sites for hydroxylation is 1. The number of halogens is 3. The van der Waals surface area contributed by atoms with Crippen molar-refractivity contribution in [2.24, 2.45) is 0 Å². The van der Waals surface area contributed by atoms with E-state index in [2.05, 4.69) is 25.5 Å². The normalized spacial score (nSPS) is 11.7. The number of carbonyl (C=O) groups excluding carboxylic acids is 1. The molecular weight excluding hydrogens is 631 g/mol. The average molecular weight is 666 g/mol. The third-order valence-corrected chi connectivity index (χ3v) is 8.16. The summed E-state index contributed by atoms with van der Waals surface area (Å²) in [6.07, 6.45) is -3.07. The van der Waals surface area contributed by atoms with Crippen LogP contribution in [-0.2, 0) is 28.9 Å². The predicted molar refractivity (Wildman–Crippen MR) is 181 cm³/mol. The van der Waals surface area contributed by atoms with Crippen LogP contribution in [0.15, 0.2) is 103 Å². The zero-order valence-electron chi connectivity index (χ0n) is 26.9. The van der Waals surface area contributed by atoms with Crippen molar-refractivity contribution in [3.05, 3.63) is 142 Å². The van der Waals surface area contributed by atoms with Gasteiger partial charge in [-0.25, -0.2) is 9.97 Å². The minimum Gasteiger partial charge on any atom is -0.376 e. The van der Waals surface area contributed by atoms with E-state index >= 15 is 0 Å². The summed E-state index contributed by atoms with van der Waals surface area (Å²) in [6, 6.07) is 28.5. The van der Waals surface area contributed by atoms with E-state index in [0.29, 0.717) is 71.4 Å². The third-order valence-electron chi connectivity index (χ3n) is 8.16. The van der Waals surface area contributed by atoms with E-state index in [1.165, 1.54) is 12.3 Å². The maximum Gasteiger partial charge on any atom is 0.416 e.